The maximum absolute atomic E-state index is 11.0. The van der Waals surface area contributed by atoms with Crippen LogP contribution < -0.4 is 5.32 Å². The van der Waals surface area contributed by atoms with E-state index in [-0.39, 0.29) is 5.92 Å². The van der Waals surface area contributed by atoms with Crippen LogP contribution in [0.15, 0.2) is 6.20 Å². The monoisotopic (exact) mass is 235 g/mol. The fraction of sp³-hybridized carbons (Fsp3) is 0.667. The van der Waals surface area contributed by atoms with Crippen molar-refractivity contribution in [1.29, 1.82) is 0 Å². The number of aromatic nitrogens is 2. The second kappa shape index (κ2) is 4.14. The molecule has 17 heavy (non-hydrogen) atoms. The van der Waals surface area contributed by atoms with Crippen LogP contribution in [0.1, 0.15) is 36.8 Å². The first-order valence-electron chi connectivity index (χ1n) is 6.26. The first-order valence-corrected chi connectivity index (χ1v) is 6.26. The molecule has 0 radical (unpaired) electrons. The summed E-state index contributed by atoms with van der Waals surface area (Å²) in [6.07, 6.45) is 5.53. The highest BCUT2D eigenvalue weighted by Crippen LogP contribution is 2.28. The summed E-state index contributed by atoms with van der Waals surface area (Å²) in [4.78, 5) is 15.5. The Morgan fingerprint density at radius 1 is 1.53 bits per heavy atom. The minimum absolute atomic E-state index is 0.233. The van der Waals surface area contributed by atoms with Gasteiger partial charge in [0.25, 0.3) is 0 Å². The first-order chi connectivity index (χ1) is 8.25. The van der Waals surface area contributed by atoms with Crippen molar-refractivity contribution < 1.29 is 9.90 Å². The van der Waals surface area contributed by atoms with Crippen LogP contribution in [0.2, 0.25) is 0 Å². The number of carboxylic acids is 1. The third-order valence-corrected chi connectivity index (χ3v) is 3.85. The number of fused-ring (bicyclic) bond motifs is 1. The predicted octanol–water partition coefficient (Wildman–Crippen LogP) is 0.955. The van der Waals surface area contributed by atoms with Crippen LogP contribution in [-0.2, 0) is 17.8 Å². The molecule has 0 spiro atoms. The van der Waals surface area contributed by atoms with Crippen LogP contribution in [0.3, 0.4) is 0 Å². The predicted molar refractivity (Wildman–Crippen MR) is 61.7 cm³/mol. The summed E-state index contributed by atoms with van der Waals surface area (Å²) in [5.41, 5.74) is 1.08. The van der Waals surface area contributed by atoms with Gasteiger partial charge in [-0.15, -0.1) is 0 Å². The minimum Gasteiger partial charge on any atom is -0.481 e. The van der Waals surface area contributed by atoms with E-state index in [2.05, 4.69) is 14.9 Å². The number of nitrogens with zero attached hydrogens (tertiary/aromatic N) is 2. The van der Waals surface area contributed by atoms with Gasteiger partial charge in [-0.3, -0.25) is 4.79 Å². The summed E-state index contributed by atoms with van der Waals surface area (Å²) in [5, 5.41) is 12.5. The van der Waals surface area contributed by atoms with Crippen molar-refractivity contribution in [3.63, 3.8) is 0 Å². The summed E-state index contributed by atoms with van der Waals surface area (Å²) in [5.74, 6) is 0.183. The molecule has 3 heterocycles. The average molecular weight is 235 g/mol. The van der Waals surface area contributed by atoms with Gasteiger partial charge in [-0.1, -0.05) is 0 Å². The average Bonchev–Trinajstić information content (AvgIpc) is 2.96. The molecule has 3 rings (SSSR count). The van der Waals surface area contributed by atoms with Gasteiger partial charge in [0.15, 0.2) is 0 Å². The minimum atomic E-state index is -0.682. The third-order valence-electron chi connectivity index (χ3n) is 3.85. The van der Waals surface area contributed by atoms with Gasteiger partial charge in [-0.25, -0.2) is 4.98 Å². The van der Waals surface area contributed by atoms with E-state index in [1.807, 2.05) is 6.20 Å². The number of aliphatic carboxylic acids is 1. The molecule has 1 saturated heterocycles. The standard InChI is InChI=1S/C12H17N3O2/c16-12(17)8-3-5-15-9(6-8)7-14-11(15)10-2-1-4-13-10/h7-8,10,13H,1-6H2,(H,16,17). The SMILES string of the molecule is O=C(O)C1CCn2c(cnc2C2CCCN2)C1. The topological polar surface area (TPSA) is 67.1 Å². The first kappa shape index (κ1) is 10.8. The van der Waals surface area contributed by atoms with Gasteiger partial charge in [-0.05, 0) is 25.8 Å². The van der Waals surface area contributed by atoms with Gasteiger partial charge >= 0.3 is 5.97 Å². The largest absolute Gasteiger partial charge is 0.481 e. The molecule has 1 aromatic heterocycles. The number of nitrogens with one attached hydrogen (secondary N) is 1. The lowest BCUT2D eigenvalue weighted by Crippen LogP contribution is -2.27. The highest BCUT2D eigenvalue weighted by atomic mass is 16.4. The lowest BCUT2D eigenvalue weighted by atomic mass is 9.96. The molecule has 92 valence electrons. The highest BCUT2D eigenvalue weighted by molar-refractivity contribution is 5.70. The van der Waals surface area contributed by atoms with Gasteiger partial charge in [0, 0.05) is 24.9 Å². The Balaban J connectivity index is 1.84. The molecule has 0 aliphatic carbocycles. The summed E-state index contributed by atoms with van der Waals surface area (Å²) < 4.78 is 2.21. The van der Waals surface area contributed by atoms with E-state index < -0.39 is 5.97 Å². The van der Waals surface area contributed by atoms with E-state index in [1.165, 1.54) is 6.42 Å². The Morgan fingerprint density at radius 3 is 3.12 bits per heavy atom. The van der Waals surface area contributed by atoms with Gasteiger partial charge in [0.1, 0.15) is 5.82 Å². The normalized spacial score (nSPS) is 28.0. The molecular formula is C12H17N3O2. The van der Waals surface area contributed by atoms with Gasteiger partial charge in [0.05, 0.1) is 12.0 Å². The number of imidazole rings is 1. The zero-order chi connectivity index (χ0) is 11.8. The number of carbonyl (C=O) groups is 1. The fourth-order valence-corrected chi connectivity index (χ4v) is 2.88. The fourth-order valence-electron chi connectivity index (χ4n) is 2.88. The van der Waals surface area contributed by atoms with E-state index in [4.69, 9.17) is 5.11 Å². The Morgan fingerprint density at radius 2 is 2.41 bits per heavy atom. The maximum atomic E-state index is 11.0. The second-order valence-electron chi connectivity index (χ2n) is 4.94. The Kier molecular flexibility index (Phi) is 2.63. The summed E-state index contributed by atoms with van der Waals surface area (Å²) in [7, 11) is 0. The molecule has 2 aliphatic rings. The molecule has 1 fully saturated rings. The van der Waals surface area contributed by atoms with Crippen molar-refractivity contribution >= 4 is 5.97 Å². The molecule has 1 aromatic rings. The van der Waals surface area contributed by atoms with Crippen molar-refractivity contribution in [3.8, 4) is 0 Å². The van der Waals surface area contributed by atoms with Gasteiger partial charge < -0.3 is 15.0 Å². The van der Waals surface area contributed by atoms with E-state index in [9.17, 15) is 4.79 Å². The van der Waals surface area contributed by atoms with Crippen LogP contribution in [0, 0.1) is 5.92 Å². The van der Waals surface area contributed by atoms with Crippen molar-refractivity contribution in [2.75, 3.05) is 6.54 Å². The molecule has 0 bridgehead atoms. The maximum Gasteiger partial charge on any atom is 0.306 e. The lowest BCUT2D eigenvalue weighted by Gasteiger charge is -2.23. The number of carboxylic acid groups (broad SMARTS) is 1. The lowest BCUT2D eigenvalue weighted by molar-refractivity contribution is -0.142. The van der Waals surface area contributed by atoms with Crippen LogP contribution >= 0.6 is 0 Å². The summed E-state index contributed by atoms with van der Waals surface area (Å²) >= 11 is 0. The second-order valence-corrected chi connectivity index (χ2v) is 4.94. The smallest absolute Gasteiger partial charge is 0.306 e. The van der Waals surface area contributed by atoms with E-state index in [0.717, 1.165) is 37.4 Å². The summed E-state index contributed by atoms with van der Waals surface area (Å²) in [6, 6.07) is 0.366. The number of rotatable bonds is 2. The van der Waals surface area contributed by atoms with E-state index in [1.54, 1.807) is 0 Å². The van der Waals surface area contributed by atoms with Gasteiger partial charge in [-0.2, -0.15) is 0 Å². The zero-order valence-electron chi connectivity index (χ0n) is 9.72. The van der Waals surface area contributed by atoms with E-state index in [0.29, 0.717) is 12.5 Å². The third kappa shape index (κ3) is 1.84. The molecule has 0 saturated carbocycles. The Hall–Kier alpha value is -1.36. The number of hydrogen-bond donors (Lipinski definition) is 2. The quantitative estimate of drug-likeness (QED) is 0.801. The molecule has 5 nitrogen and oxygen atoms in total. The highest BCUT2D eigenvalue weighted by Gasteiger charge is 2.29. The molecular weight excluding hydrogens is 218 g/mol. The number of hydrogen-bond acceptors (Lipinski definition) is 3. The van der Waals surface area contributed by atoms with Crippen LogP contribution in [0.4, 0.5) is 0 Å². The van der Waals surface area contributed by atoms with Crippen LogP contribution in [0.5, 0.6) is 0 Å². The molecule has 5 heteroatoms. The van der Waals surface area contributed by atoms with Crippen molar-refractivity contribution in [1.82, 2.24) is 14.9 Å². The van der Waals surface area contributed by atoms with Crippen molar-refractivity contribution in [3.05, 3.63) is 17.7 Å². The molecule has 2 unspecified atom stereocenters. The molecule has 2 N–H and O–H groups in total. The van der Waals surface area contributed by atoms with Crippen LogP contribution in [0.25, 0.3) is 0 Å². The Labute approximate surface area is 99.8 Å². The zero-order valence-corrected chi connectivity index (χ0v) is 9.72. The van der Waals surface area contributed by atoms with E-state index >= 15 is 0 Å². The molecule has 0 aromatic carbocycles. The molecule has 2 atom stereocenters. The van der Waals surface area contributed by atoms with Gasteiger partial charge in [0.2, 0.25) is 0 Å². The van der Waals surface area contributed by atoms with Crippen molar-refractivity contribution in [2.24, 2.45) is 5.92 Å². The molecule has 2 aliphatic heterocycles. The van der Waals surface area contributed by atoms with Crippen molar-refractivity contribution in [2.45, 2.75) is 38.3 Å². The Bertz CT molecular complexity index is 435. The molecule has 0 amide bonds. The summed E-state index contributed by atoms with van der Waals surface area (Å²) in [6.45, 7) is 1.85. The van der Waals surface area contributed by atoms with Crippen LogP contribution in [-0.4, -0.2) is 27.2 Å².